The molecule has 2 aromatic carbocycles. The quantitative estimate of drug-likeness (QED) is 0.797. The Labute approximate surface area is 132 Å². The zero-order valence-corrected chi connectivity index (χ0v) is 13.7. The van der Waals surface area contributed by atoms with Gasteiger partial charge < -0.3 is 10.5 Å². The molecule has 0 radical (unpaired) electrons. The van der Waals surface area contributed by atoms with Crippen LogP contribution in [0.4, 0.5) is 0 Å². The van der Waals surface area contributed by atoms with Gasteiger partial charge in [-0.1, -0.05) is 23.7 Å². The Bertz CT molecular complexity index is 601. The highest BCUT2D eigenvalue weighted by Gasteiger charge is 2.14. The predicted molar refractivity (Wildman–Crippen MR) is 87.9 cm³/mol. The SMILES string of the molecule is COc1ccc(C(N)c2cc(Cl)ccc2I)cc1C. The van der Waals surface area contributed by atoms with Gasteiger partial charge in [0.1, 0.15) is 5.75 Å². The molecule has 19 heavy (non-hydrogen) atoms. The first-order valence-electron chi connectivity index (χ1n) is 5.88. The predicted octanol–water partition coefficient (Wildman–Crippen LogP) is 4.31. The highest BCUT2D eigenvalue weighted by atomic mass is 127. The molecule has 0 amide bonds. The summed E-state index contributed by atoms with van der Waals surface area (Å²) in [5.74, 6) is 0.872. The second-order valence-electron chi connectivity index (χ2n) is 4.37. The van der Waals surface area contributed by atoms with Crippen molar-refractivity contribution < 1.29 is 4.74 Å². The Kier molecular flexibility index (Phi) is 4.71. The van der Waals surface area contributed by atoms with Crippen LogP contribution in [0.1, 0.15) is 22.7 Å². The summed E-state index contributed by atoms with van der Waals surface area (Å²) >= 11 is 8.33. The molecule has 0 fully saturated rings. The van der Waals surface area contributed by atoms with Gasteiger partial charge in [-0.25, -0.2) is 0 Å². The average Bonchev–Trinajstić information content (AvgIpc) is 2.40. The van der Waals surface area contributed by atoms with Gasteiger partial charge in [0.2, 0.25) is 0 Å². The van der Waals surface area contributed by atoms with Crippen LogP contribution in [0.25, 0.3) is 0 Å². The third-order valence-corrected chi connectivity index (χ3v) is 4.29. The molecule has 0 saturated heterocycles. The molecule has 2 N–H and O–H groups in total. The van der Waals surface area contributed by atoms with Gasteiger partial charge in [0.15, 0.2) is 0 Å². The number of rotatable bonds is 3. The lowest BCUT2D eigenvalue weighted by Gasteiger charge is -2.16. The first-order valence-corrected chi connectivity index (χ1v) is 7.33. The van der Waals surface area contributed by atoms with E-state index in [1.165, 1.54) is 0 Å². The van der Waals surface area contributed by atoms with Crippen molar-refractivity contribution in [2.45, 2.75) is 13.0 Å². The smallest absolute Gasteiger partial charge is 0.121 e. The molecule has 0 aromatic heterocycles. The Hall–Kier alpha value is -0.780. The Morgan fingerprint density at radius 1 is 1.21 bits per heavy atom. The fourth-order valence-electron chi connectivity index (χ4n) is 2.03. The Balaban J connectivity index is 2.41. The maximum Gasteiger partial charge on any atom is 0.121 e. The normalized spacial score (nSPS) is 12.3. The van der Waals surface area contributed by atoms with Gasteiger partial charge in [-0.3, -0.25) is 0 Å². The molecular weight excluding hydrogens is 373 g/mol. The summed E-state index contributed by atoms with van der Waals surface area (Å²) in [4.78, 5) is 0. The fourth-order valence-corrected chi connectivity index (χ4v) is 2.88. The third-order valence-electron chi connectivity index (χ3n) is 3.07. The van der Waals surface area contributed by atoms with Crippen LogP contribution in [0.15, 0.2) is 36.4 Å². The van der Waals surface area contributed by atoms with Crippen LogP contribution in [0.3, 0.4) is 0 Å². The maximum absolute atomic E-state index is 6.34. The molecule has 0 spiro atoms. The van der Waals surface area contributed by atoms with Crippen molar-refractivity contribution in [3.8, 4) is 5.75 Å². The molecule has 1 unspecified atom stereocenters. The van der Waals surface area contributed by atoms with E-state index < -0.39 is 0 Å². The summed E-state index contributed by atoms with van der Waals surface area (Å²) < 4.78 is 6.38. The van der Waals surface area contributed by atoms with Gasteiger partial charge in [-0.2, -0.15) is 0 Å². The first-order chi connectivity index (χ1) is 9.02. The van der Waals surface area contributed by atoms with Crippen LogP contribution in [0, 0.1) is 10.5 Å². The van der Waals surface area contributed by atoms with Crippen LogP contribution >= 0.6 is 34.2 Å². The van der Waals surface area contributed by atoms with Crippen molar-refractivity contribution in [2.75, 3.05) is 7.11 Å². The molecule has 0 saturated carbocycles. The van der Waals surface area contributed by atoms with Gasteiger partial charge in [0.05, 0.1) is 13.2 Å². The van der Waals surface area contributed by atoms with Crippen LogP contribution in [0.2, 0.25) is 5.02 Å². The lowest BCUT2D eigenvalue weighted by atomic mass is 9.98. The largest absolute Gasteiger partial charge is 0.496 e. The van der Waals surface area contributed by atoms with Crippen molar-refractivity contribution in [2.24, 2.45) is 5.73 Å². The summed E-state index contributed by atoms with van der Waals surface area (Å²) in [5.41, 5.74) is 9.51. The van der Waals surface area contributed by atoms with E-state index >= 15 is 0 Å². The van der Waals surface area contributed by atoms with Gasteiger partial charge in [0, 0.05) is 8.59 Å². The zero-order chi connectivity index (χ0) is 14.0. The van der Waals surface area contributed by atoms with Crippen molar-refractivity contribution in [3.63, 3.8) is 0 Å². The van der Waals surface area contributed by atoms with E-state index in [4.69, 9.17) is 22.1 Å². The van der Waals surface area contributed by atoms with Gasteiger partial charge in [0.25, 0.3) is 0 Å². The Morgan fingerprint density at radius 3 is 2.58 bits per heavy atom. The fraction of sp³-hybridized carbons (Fsp3) is 0.200. The molecular formula is C15H15ClINO. The monoisotopic (exact) mass is 387 g/mol. The van der Waals surface area contributed by atoms with Crippen LogP contribution < -0.4 is 10.5 Å². The minimum Gasteiger partial charge on any atom is -0.496 e. The molecule has 2 nitrogen and oxygen atoms in total. The van der Waals surface area contributed by atoms with E-state index in [0.717, 1.165) is 26.0 Å². The van der Waals surface area contributed by atoms with E-state index in [9.17, 15) is 0 Å². The molecule has 2 aromatic rings. The average molecular weight is 388 g/mol. The maximum atomic E-state index is 6.34. The number of halogens is 2. The summed E-state index contributed by atoms with van der Waals surface area (Å²) in [6, 6.07) is 11.6. The second kappa shape index (κ2) is 6.11. The number of nitrogens with two attached hydrogens (primary N) is 1. The van der Waals surface area contributed by atoms with Crippen molar-refractivity contribution in [1.29, 1.82) is 0 Å². The van der Waals surface area contributed by atoms with Gasteiger partial charge >= 0.3 is 0 Å². The summed E-state index contributed by atoms with van der Waals surface area (Å²) in [6.07, 6.45) is 0. The number of aryl methyl sites for hydroxylation is 1. The van der Waals surface area contributed by atoms with Crippen LogP contribution in [-0.2, 0) is 0 Å². The van der Waals surface area contributed by atoms with E-state index in [1.807, 2.05) is 37.3 Å². The molecule has 0 aliphatic heterocycles. The third kappa shape index (κ3) is 3.22. The van der Waals surface area contributed by atoms with Gasteiger partial charge in [-0.05, 0) is 70.5 Å². The van der Waals surface area contributed by atoms with E-state index in [1.54, 1.807) is 7.11 Å². The van der Waals surface area contributed by atoms with E-state index in [2.05, 4.69) is 28.7 Å². The minimum absolute atomic E-state index is 0.185. The number of hydrogen-bond acceptors (Lipinski definition) is 2. The molecule has 0 aliphatic carbocycles. The molecule has 2 rings (SSSR count). The molecule has 0 aliphatic rings. The molecule has 4 heteroatoms. The molecule has 1 atom stereocenters. The molecule has 0 heterocycles. The number of ether oxygens (including phenoxy) is 1. The summed E-state index contributed by atoms with van der Waals surface area (Å²) in [5, 5.41) is 0.705. The van der Waals surface area contributed by atoms with E-state index in [-0.39, 0.29) is 6.04 Å². The lowest BCUT2D eigenvalue weighted by molar-refractivity contribution is 0.411. The van der Waals surface area contributed by atoms with Crippen LogP contribution in [-0.4, -0.2) is 7.11 Å². The number of benzene rings is 2. The second-order valence-corrected chi connectivity index (χ2v) is 5.97. The Morgan fingerprint density at radius 2 is 1.95 bits per heavy atom. The van der Waals surface area contributed by atoms with Gasteiger partial charge in [-0.15, -0.1) is 0 Å². The van der Waals surface area contributed by atoms with Crippen LogP contribution in [0.5, 0.6) is 5.75 Å². The highest BCUT2D eigenvalue weighted by Crippen LogP contribution is 2.29. The topological polar surface area (TPSA) is 35.2 Å². The number of hydrogen-bond donors (Lipinski definition) is 1. The number of methoxy groups -OCH3 is 1. The summed E-state index contributed by atoms with van der Waals surface area (Å²) in [6.45, 7) is 2.01. The van der Waals surface area contributed by atoms with Crippen molar-refractivity contribution >= 4 is 34.2 Å². The molecule has 100 valence electrons. The first kappa shape index (κ1) is 14.6. The van der Waals surface area contributed by atoms with E-state index in [0.29, 0.717) is 5.02 Å². The lowest BCUT2D eigenvalue weighted by Crippen LogP contribution is -2.13. The molecule has 0 bridgehead atoms. The zero-order valence-electron chi connectivity index (χ0n) is 10.8. The highest BCUT2D eigenvalue weighted by molar-refractivity contribution is 14.1. The van der Waals surface area contributed by atoms with Crippen molar-refractivity contribution in [3.05, 3.63) is 61.7 Å². The standard InChI is InChI=1S/C15H15ClINO/c1-9-7-10(3-6-14(9)19-2)15(18)12-8-11(16)4-5-13(12)17/h3-8,15H,18H2,1-2H3. The summed E-state index contributed by atoms with van der Waals surface area (Å²) in [7, 11) is 1.67. The minimum atomic E-state index is -0.185. The van der Waals surface area contributed by atoms with Crippen molar-refractivity contribution in [1.82, 2.24) is 0 Å².